The average molecular weight is 250 g/mol. The number of hydrogen-bond acceptors (Lipinski definition) is 3. The molecule has 1 aromatic rings. The normalized spacial score (nSPS) is 12.2. The smallest absolute Gasteiger partial charge is 0.251 e. The molecule has 1 rings (SSSR count). The van der Waals surface area contributed by atoms with Crippen molar-refractivity contribution in [3.63, 3.8) is 0 Å². The third-order valence-corrected chi connectivity index (χ3v) is 2.77. The zero-order valence-electron chi connectivity index (χ0n) is 11.1. The molecule has 1 amide bonds. The van der Waals surface area contributed by atoms with Crippen LogP contribution in [0.1, 0.15) is 35.7 Å². The summed E-state index contributed by atoms with van der Waals surface area (Å²) in [6.07, 6.45) is 1.53. The Bertz CT molecular complexity index is 363. The third kappa shape index (κ3) is 4.85. The molecule has 0 bridgehead atoms. The summed E-state index contributed by atoms with van der Waals surface area (Å²) >= 11 is 0. The zero-order chi connectivity index (χ0) is 13.4. The summed E-state index contributed by atoms with van der Waals surface area (Å²) in [5, 5.41) is 15.3. The molecule has 3 N–H and O–H groups in total. The molecule has 0 aromatic heterocycles. The van der Waals surface area contributed by atoms with Crippen LogP contribution in [-0.2, 0) is 6.54 Å². The van der Waals surface area contributed by atoms with Crippen molar-refractivity contribution in [3.8, 4) is 0 Å². The second kappa shape index (κ2) is 7.84. The van der Waals surface area contributed by atoms with Crippen LogP contribution in [-0.4, -0.2) is 30.7 Å². The van der Waals surface area contributed by atoms with E-state index in [1.807, 2.05) is 12.1 Å². The van der Waals surface area contributed by atoms with Gasteiger partial charge in [-0.05, 0) is 24.1 Å². The fraction of sp³-hybridized carbons (Fsp3) is 0.500. The highest BCUT2D eigenvalue weighted by Gasteiger charge is 2.03. The van der Waals surface area contributed by atoms with Crippen LogP contribution in [0.25, 0.3) is 0 Å². The molecule has 0 saturated heterocycles. The maximum atomic E-state index is 11.3. The van der Waals surface area contributed by atoms with Gasteiger partial charge in [0.1, 0.15) is 0 Å². The largest absolute Gasteiger partial charge is 0.392 e. The van der Waals surface area contributed by atoms with Crippen molar-refractivity contribution in [1.29, 1.82) is 0 Å². The van der Waals surface area contributed by atoms with Crippen LogP contribution in [0.4, 0.5) is 0 Å². The van der Waals surface area contributed by atoms with Crippen molar-refractivity contribution >= 4 is 5.91 Å². The number of hydrogen-bond donors (Lipinski definition) is 3. The van der Waals surface area contributed by atoms with Crippen LogP contribution < -0.4 is 10.6 Å². The molecule has 0 saturated carbocycles. The van der Waals surface area contributed by atoms with E-state index >= 15 is 0 Å². The van der Waals surface area contributed by atoms with Gasteiger partial charge in [0.15, 0.2) is 0 Å². The summed E-state index contributed by atoms with van der Waals surface area (Å²) < 4.78 is 0. The molecule has 100 valence electrons. The van der Waals surface area contributed by atoms with Crippen LogP contribution in [0, 0.1) is 0 Å². The topological polar surface area (TPSA) is 61.4 Å². The second-order valence-corrected chi connectivity index (χ2v) is 4.35. The Morgan fingerprint density at radius 2 is 2.00 bits per heavy atom. The van der Waals surface area contributed by atoms with Crippen molar-refractivity contribution in [2.45, 2.75) is 32.4 Å². The Kier molecular flexibility index (Phi) is 6.39. The van der Waals surface area contributed by atoms with E-state index in [1.54, 1.807) is 19.2 Å². The lowest BCUT2D eigenvalue weighted by Gasteiger charge is -2.10. The number of nitrogens with one attached hydrogen (secondary N) is 2. The number of amides is 1. The molecule has 0 radical (unpaired) electrons. The van der Waals surface area contributed by atoms with E-state index in [0.717, 1.165) is 18.4 Å². The minimum atomic E-state index is -0.278. The zero-order valence-corrected chi connectivity index (χ0v) is 11.1. The van der Waals surface area contributed by atoms with Crippen molar-refractivity contribution in [3.05, 3.63) is 35.4 Å². The van der Waals surface area contributed by atoms with E-state index in [4.69, 9.17) is 0 Å². The summed E-state index contributed by atoms with van der Waals surface area (Å²) in [7, 11) is 1.62. The van der Waals surface area contributed by atoms with Gasteiger partial charge < -0.3 is 15.7 Å². The molecule has 0 aliphatic carbocycles. The predicted molar refractivity (Wildman–Crippen MR) is 72.5 cm³/mol. The number of benzene rings is 1. The Morgan fingerprint density at radius 1 is 1.33 bits per heavy atom. The molecule has 1 atom stereocenters. The fourth-order valence-corrected chi connectivity index (χ4v) is 1.74. The Labute approximate surface area is 108 Å². The number of carbonyl (C=O) groups excluding carboxylic acids is 1. The van der Waals surface area contributed by atoms with Crippen molar-refractivity contribution in [2.24, 2.45) is 0 Å². The van der Waals surface area contributed by atoms with Gasteiger partial charge in [-0.3, -0.25) is 4.79 Å². The molecule has 1 unspecified atom stereocenters. The molecular weight excluding hydrogens is 228 g/mol. The molecule has 18 heavy (non-hydrogen) atoms. The van der Waals surface area contributed by atoms with Gasteiger partial charge in [0, 0.05) is 25.7 Å². The van der Waals surface area contributed by atoms with Crippen molar-refractivity contribution in [1.82, 2.24) is 10.6 Å². The monoisotopic (exact) mass is 250 g/mol. The van der Waals surface area contributed by atoms with Gasteiger partial charge in [-0.1, -0.05) is 25.5 Å². The van der Waals surface area contributed by atoms with Crippen LogP contribution in [0.5, 0.6) is 0 Å². The Balaban J connectivity index is 2.37. The van der Waals surface area contributed by atoms with Crippen LogP contribution in [0.3, 0.4) is 0 Å². The van der Waals surface area contributed by atoms with Crippen molar-refractivity contribution in [2.75, 3.05) is 13.6 Å². The molecule has 0 aliphatic rings. The Morgan fingerprint density at radius 3 is 2.56 bits per heavy atom. The van der Waals surface area contributed by atoms with Gasteiger partial charge in [0.05, 0.1) is 6.10 Å². The molecule has 0 spiro atoms. The standard InChI is InChI=1S/C14H22N2O2/c1-3-4-13(17)10-16-9-11-5-7-12(8-6-11)14(18)15-2/h5-8,13,16-17H,3-4,9-10H2,1-2H3,(H,15,18). The molecule has 0 aliphatic heterocycles. The number of carbonyl (C=O) groups is 1. The third-order valence-electron chi connectivity index (χ3n) is 2.77. The van der Waals surface area contributed by atoms with Gasteiger partial charge >= 0.3 is 0 Å². The summed E-state index contributed by atoms with van der Waals surface area (Å²) in [4.78, 5) is 11.3. The average Bonchev–Trinajstić information content (AvgIpc) is 2.39. The van der Waals surface area contributed by atoms with Gasteiger partial charge in [0.2, 0.25) is 0 Å². The minimum Gasteiger partial charge on any atom is -0.392 e. The van der Waals surface area contributed by atoms with E-state index in [9.17, 15) is 9.90 Å². The first-order valence-corrected chi connectivity index (χ1v) is 6.37. The molecule has 4 heteroatoms. The first kappa shape index (κ1) is 14.7. The summed E-state index contributed by atoms with van der Waals surface area (Å²) in [6, 6.07) is 7.45. The highest BCUT2D eigenvalue weighted by Crippen LogP contribution is 2.04. The molecular formula is C14H22N2O2. The van der Waals surface area contributed by atoms with Gasteiger partial charge in [-0.2, -0.15) is 0 Å². The lowest BCUT2D eigenvalue weighted by Crippen LogP contribution is -2.26. The second-order valence-electron chi connectivity index (χ2n) is 4.35. The Hall–Kier alpha value is -1.39. The summed E-state index contributed by atoms with van der Waals surface area (Å²) in [6.45, 7) is 3.36. The summed E-state index contributed by atoms with van der Waals surface area (Å²) in [5.41, 5.74) is 1.76. The maximum Gasteiger partial charge on any atom is 0.251 e. The quantitative estimate of drug-likeness (QED) is 0.683. The lowest BCUT2D eigenvalue weighted by atomic mass is 10.1. The van der Waals surface area contributed by atoms with Gasteiger partial charge in [-0.25, -0.2) is 0 Å². The van der Waals surface area contributed by atoms with Crippen LogP contribution in [0.15, 0.2) is 24.3 Å². The molecule has 4 nitrogen and oxygen atoms in total. The number of aliphatic hydroxyl groups is 1. The lowest BCUT2D eigenvalue weighted by molar-refractivity contribution is 0.0963. The van der Waals surface area contributed by atoms with Gasteiger partial charge in [0.25, 0.3) is 5.91 Å². The maximum absolute atomic E-state index is 11.3. The first-order chi connectivity index (χ1) is 8.67. The highest BCUT2D eigenvalue weighted by atomic mass is 16.3. The summed E-state index contributed by atoms with van der Waals surface area (Å²) in [5.74, 6) is -0.0760. The van der Waals surface area contributed by atoms with Crippen molar-refractivity contribution < 1.29 is 9.90 Å². The first-order valence-electron chi connectivity index (χ1n) is 6.37. The number of rotatable bonds is 7. The SMILES string of the molecule is CCCC(O)CNCc1ccc(C(=O)NC)cc1. The van der Waals surface area contributed by atoms with Gasteiger partial charge in [-0.15, -0.1) is 0 Å². The molecule has 1 aromatic carbocycles. The van der Waals surface area contributed by atoms with E-state index < -0.39 is 0 Å². The molecule has 0 heterocycles. The van der Waals surface area contributed by atoms with E-state index in [-0.39, 0.29) is 12.0 Å². The highest BCUT2D eigenvalue weighted by molar-refractivity contribution is 5.93. The molecule has 0 fully saturated rings. The number of aliphatic hydroxyl groups excluding tert-OH is 1. The minimum absolute atomic E-state index is 0.0760. The van der Waals surface area contributed by atoms with Crippen LogP contribution >= 0.6 is 0 Å². The van der Waals surface area contributed by atoms with E-state index in [0.29, 0.717) is 18.7 Å². The fourth-order valence-electron chi connectivity index (χ4n) is 1.74. The van der Waals surface area contributed by atoms with E-state index in [1.165, 1.54) is 0 Å². The van der Waals surface area contributed by atoms with Crippen LogP contribution in [0.2, 0.25) is 0 Å². The predicted octanol–water partition coefficient (Wildman–Crippen LogP) is 1.30. The van der Waals surface area contributed by atoms with E-state index in [2.05, 4.69) is 17.6 Å².